The van der Waals surface area contributed by atoms with E-state index in [0.29, 0.717) is 5.56 Å². The number of aromatic nitrogens is 1. The Morgan fingerprint density at radius 3 is 1.60 bits per heavy atom. The Labute approximate surface area is 298 Å². The topological polar surface area (TPSA) is 8.17 Å². The van der Waals surface area contributed by atoms with E-state index in [1.165, 1.54) is 0 Å². The van der Waals surface area contributed by atoms with Crippen molar-refractivity contribution in [2.45, 2.75) is 0 Å². The van der Waals surface area contributed by atoms with Crippen LogP contribution in [0.1, 0.15) is 5.48 Å². The summed E-state index contributed by atoms with van der Waals surface area (Å²) in [5.74, 6) is 0. The van der Waals surface area contributed by atoms with Crippen LogP contribution in [0.4, 0.5) is 17.1 Å². The molecule has 0 aliphatic heterocycles. The normalized spacial score (nSPS) is 12.3. The van der Waals surface area contributed by atoms with Crippen LogP contribution in [-0.2, 0) is 0 Å². The second-order valence-corrected chi connectivity index (χ2v) is 12.3. The van der Waals surface area contributed by atoms with Crippen LogP contribution in [0.25, 0.3) is 60.9 Å². The van der Waals surface area contributed by atoms with Gasteiger partial charge in [-0.15, -0.1) is 0 Å². The molecule has 0 spiro atoms. The van der Waals surface area contributed by atoms with Crippen LogP contribution in [0.5, 0.6) is 0 Å². The summed E-state index contributed by atoms with van der Waals surface area (Å²) >= 11 is 0. The van der Waals surface area contributed by atoms with Gasteiger partial charge in [-0.2, -0.15) is 0 Å². The summed E-state index contributed by atoms with van der Waals surface area (Å²) < 4.78 is 40.1. The zero-order valence-corrected chi connectivity index (χ0v) is 27.2. The predicted molar refractivity (Wildman–Crippen MR) is 212 cm³/mol. The standard InChI is InChI=1S/C48H34N2/c1-4-13-35(14-5-1)37-23-28-42(29-24-37)49(44-20-12-17-39(33-44)36-15-6-2-7-16-36)43-30-25-38(26-31-43)40-27-32-48-46(34-40)45-21-10-11-22-47(45)50(48)41-18-8-3-9-19-41/h1-34H/i25D,26D,30D,31D. The number of hydrogen-bond acceptors (Lipinski definition) is 1. The molecule has 50 heavy (non-hydrogen) atoms. The van der Waals surface area contributed by atoms with Crippen LogP contribution in [0.3, 0.4) is 0 Å². The van der Waals surface area contributed by atoms with Gasteiger partial charge in [0, 0.05) is 33.5 Å². The first kappa shape index (κ1) is 25.4. The quantitative estimate of drug-likeness (QED) is 0.168. The van der Waals surface area contributed by atoms with Crippen molar-refractivity contribution in [3.63, 3.8) is 0 Å². The van der Waals surface area contributed by atoms with E-state index in [0.717, 1.165) is 61.1 Å². The first-order valence-electron chi connectivity index (χ1n) is 18.8. The Hall–Kier alpha value is -6.64. The maximum Gasteiger partial charge on any atom is 0.0645 e. The molecule has 236 valence electrons. The van der Waals surface area contributed by atoms with Crippen LogP contribution < -0.4 is 4.90 Å². The fourth-order valence-electron chi connectivity index (χ4n) is 6.84. The van der Waals surface area contributed by atoms with Crippen molar-refractivity contribution in [2.24, 2.45) is 0 Å². The fraction of sp³-hybridized carbons (Fsp3) is 0. The molecular formula is C48H34N2. The van der Waals surface area contributed by atoms with Gasteiger partial charge in [0.05, 0.1) is 16.5 Å². The van der Waals surface area contributed by atoms with Crippen molar-refractivity contribution in [1.29, 1.82) is 0 Å². The van der Waals surface area contributed by atoms with Gasteiger partial charge < -0.3 is 9.47 Å². The van der Waals surface area contributed by atoms with Gasteiger partial charge in [0.25, 0.3) is 0 Å². The van der Waals surface area contributed by atoms with Gasteiger partial charge in [0.15, 0.2) is 0 Å². The molecule has 0 saturated carbocycles. The van der Waals surface area contributed by atoms with E-state index in [-0.39, 0.29) is 35.4 Å². The van der Waals surface area contributed by atoms with Crippen LogP contribution in [0.2, 0.25) is 0 Å². The molecule has 0 N–H and O–H groups in total. The first-order chi connectivity index (χ1) is 26.5. The van der Waals surface area contributed by atoms with E-state index < -0.39 is 0 Å². The van der Waals surface area contributed by atoms with Gasteiger partial charge in [-0.05, 0) is 100 Å². The lowest BCUT2D eigenvalue weighted by Crippen LogP contribution is -2.10. The highest BCUT2D eigenvalue weighted by atomic mass is 15.1. The van der Waals surface area contributed by atoms with Crippen molar-refractivity contribution < 1.29 is 5.48 Å². The van der Waals surface area contributed by atoms with Crippen molar-refractivity contribution in [1.82, 2.24) is 4.57 Å². The second-order valence-electron chi connectivity index (χ2n) is 12.3. The summed E-state index contributed by atoms with van der Waals surface area (Å²) in [4.78, 5) is 1.85. The maximum atomic E-state index is 9.52. The summed E-state index contributed by atoms with van der Waals surface area (Å²) in [6, 6.07) is 60.2. The number of benzene rings is 8. The van der Waals surface area contributed by atoms with E-state index in [1.54, 1.807) is 0 Å². The molecule has 9 aromatic rings. The fourth-order valence-corrected chi connectivity index (χ4v) is 6.84. The van der Waals surface area contributed by atoms with Crippen LogP contribution >= 0.6 is 0 Å². The molecular weight excluding hydrogens is 605 g/mol. The summed E-state index contributed by atoms with van der Waals surface area (Å²) in [6.45, 7) is 0. The number of anilines is 3. The Morgan fingerprint density at radius 2 is 0.880 bits per heavy atom. The van der Waals surface area contributed by atoms with Gasteiger partial charge in [0.1, 0.15) is 0 Å². The van der Waals surface area contributed by atoms with Crippen molar-refractivity contribution in [3.05, 3.63) is 206 Å². The monoisotopic (exact) mass is 642 g/mol. The minimum atomic E-state index is -0.116. The highest BCUT2D eigenvalue weighted by Gasteiger charge is 2.16. The molecule has 9 rings (SSSR count). The lowest BCUT2D eigenvalue weighted by Gasteiger charge is -2.26. The average molecular weight is 643 g/mol. The molecule has 0 fully saturated rings. The molecule has 0 saturated heterocycles. The predicted octanol–water partition coefficient (Wildman–Crippen LogP) is 13.3. The number of fused-ring (bicyclic) bond motifs is 3. The van der Waals surface area contributed by atoms with E-state index >= 15 is 0 Å². The average Bonchev–Trinajstić information content (AvgIpc) is 3.56. The SMILES string of the molecule is [2H]c1c([2H])c(N(c2ccc(-c3ccccc3)cc2)c2cccc(-c3ccccc3)c2)c([2H])c([2H])c1-c1ccc2c(c1)c1ccccc1n2-c1ccccc1. The first-order valence-corrected chi connectivity index (χ1v) is 16.8. The van der Waals surface area contributed by atoms with Crippen LogP contribution in [-0.4, -0.2) is 4.57 Å². The Morgan fingerprint density at radius 1 is 0.340 bits per heavy atom. The van der Waals surface area contributed by atoms with Crippen molar-refractivity contribution in [3.8, 4) is 39.1 Å². The second kappa shape index (κ2) is 12.8. The van der Waals surface area contributed by atoms with Crippen LogP contribution in [0.15, 0.2) is 206 Å². The zero-order chi connectivity index (χ0) is 36.8. The summed E-state index contributed by atoms with van der Waals surface area (Å²) in [5, 5.41) is 2.03. The van der Waals surface area contributed by atoms with E-state index in [2.05, 4.69) is 53.1 Å². The number of hydrogen-bond donors (Lipinski definition) is 0. The number of para-hydroxylation sites is 2. The summed E-state index contributed by atoms with van der Waals surface area (Å²) in [5.41, 5.74) is 9.78. The smallest absolute Gasteiger partial charge is 0.0645 e. The molecule has 8 aromatic carbocycles. The van der Waals surface area contributed by atoms with E-state index in [4.69, 9.17) is 0 Å². The van der Waals surface area contributed by atoms with E-state index in [9.17, 15) is 5.48 Å². The molecule has 0 bridgehead atoms. The minimum absolute atomic E-state index is 0.0951. The van der Waals surface area contributed by atoms with Gasteiger partial charge in [-0.1, -0.05) is 139 Å². The largest absolute Gasteiger partial charge is 0.310 e. The molecule has 0 radical (unpaired) electrons. The van der Waals surface area contributed by atoms with Gasteiger partial charge in [0.2, 0.25) is 0 Å². The highest BCUT2D eigenvalue weighted by molar-refractivity contribution is 6.10. The molecule has 0 unspecified atom stereocenters. The number of nitrogens with zero attached hydrogens (tertiary/aromatic N) is 2. The molecule has 0 amide bonds. The lowest BCUT2D eigenvalue weighted by atomic mass is 10.0. The van der Waals surface area contributed by atoms with Gasteiger partial charge in [-0.25, -0.2) is 0 Å². The summed E-state index contributed by atoms with van der Waals surface area (Å²) in [7, 11) is 0. The van der Waals surface area contributed by atoms with Crippen molar-refractivity contribution >= 4 is 38.9 Å². The van der Waals surface area contributed by atoms with Gasteiger partial charge in [-0.3, -0.25) is 0 Å². The Kier molecular flexibility index (Phi) is 6.48. The number of rotatable bonds is 7. The highest BCUT2D eigenvalue weighted by Crippen LogP contribution is 2.39. The third kappa shape index (κ3) is 5.43. The van der Waals surface area contributed by atoms with Gasteiger partial charge >= 0.3 is 0 Å². The molecule has 0 atom stereocenters. The molecule has 2 nitrogen and oxygen atoms in total. The van der Waals surface area contributed by atoms with Crippen LogP contribution in [0, 0.1) is 0 Å². The zero-order valence-electron chi connectivity index (χ0n) is 31.2. The lowest BCUT2D eigenvalue weighted by molar-refractivity contribution is 1.18. The Bertz CT molecular complexity index is 2770. The third-order valence-electron chi connectivity index (χ3n) is 9.26. The molecule has 1 aromatic heterocycles. The summed E-state index contributed by atoms with van der Waals surface area (Å²) in [6.07, 6.45) is 0. The Balaban J connectivity index is 1.22. The van der Waals surface area contributed by atoms with Crippen molar-refractivity contribution in [2.75, 3.05) is 4.90 Å². The molecule has 1 heterocycles. The molecule has 0 aliphatic carbocycles. The van der Waals surface area contributed by atoms with E-state index in [1.807, 2.05) is 138 Å². The minimum Gasteiger partial charge on any atom is -0.310 e. The third-order valence-corrected chi connectivity index (χ3v) is 9.26. The molecule has 0 aliphatic rings. The molecule has 2 heteroatoms. The maximum absolute atomic E-state index is 9.52.